The first-order chi connectivity index (χ1) is 8.08. The van der Waals surface area contributed by atoms with Crippen LogP contribution in [0, 0.1) is 19.8 Å². The second-order valence-corrected chi connectivity index (χ2v) is 5.23. The van der Waals surface area contributed by atoms with Crippen molar-refractivity contribution in [3.8, 4) is 0 Å². The molecular weight excluding hydrogens is 212 g/mol. The molecule has 1 N–H and O–H groups in total. The molecule has 0 atom stereocenters. The number of rotatable bonds is 2. The zero-order chi connectivity index (χ0) is 12.4. The molecule has 17 heavy (non-hydrogen) atoms. The van der Waals surface area contributed by atoms with Crippen LogP contribution in [0.3, 0.4) is 0 Å². The molecule has 0 radical (unpaired) electrons. The number of hydrogen-bond donors (Lipinski definition) is 1. The van der Waals surface area contributed by atoms with E-state index >= 15 is 0 Å². The van der Waals surface area contributed by atoms with Crippen LogP contribution in [-0.2, 0) is 4.79 Å². The molecule has 0 unspecified atom stereocenters. The summed E-state index contributed by atoms with van der Waals surface area (Å²) < 4.78 is 0. The molecule has 0 aromatic heterocycles. The van der Waals surface area contributed by atoms with Gasteiger partial charge in [0.1, 0.15) is 0 Å². The molecular formula is C15H20O2. The molecule has 2 rings (SSSR count). The van der Waals surface area contributed by atoms with Gasteiger partial charge in [0, 0.05) is 0 Å². The van der Waals surface area contributed by atoms with E-state index in [9.17, 15) is 4.79 Å². The predicted molar refractivity (Wildman–Crippen MR) is 68.3 cm³/mol. The van der Waals surface area contributed by atoms with Crippen LogP contribution >= 0.6 is 0 Å². The normalized spacial score (nSPS) is 24.6. The fourth-order valence-corrected chi connectivity index (χ4v) is 2.69. The van der Waals surface area contributed by atoms with Crippen molar-refractivity contribution in [2.75, 3.05) is 0 Å². The maximum absolute atomic E-state index is 10.9. The molecule has 0 heterocycles. The summed E-state index contributed by atoms with van der Waals surface area (Å²) in [7, 11) is 0. The van der Waals surface area contributed by atoms with Gasteiger partial charge in [0.05, 0.1) is 5.92 Å². The van der Waals surface area contributed by atoms with Crippen molar-refractivity contribution in [1.29, 1.82) is 0 Å². The van der Waals surface area contributed by atoms with Gasteiger partial charge in [0.25, 0.3) is 0 Å². The van der Waals surface area contributed by atoms with Gasteiger partial charge in [-0.2, -0.15) is 0 Å². The summed E-state index contributed by atoms with van der Waals surface area (Å²) in [6, 6.07) is 6.64. The van der Waals surface area contributed by atoms with Gasteiger partial charge in [0.2, 0.25) is 0 Å². The lowest BCUT2D eigenvalue weighted by Gasteiger charge is -2.26. The summed E-state index contributed by atoms with van der Waals surface area (Å²) in [5.74, 6) is -0.175. The van der Waals surface area contributed by atoms with Crippen molar-refractivity contribution in [2.45, 2.75) is 45.4 Å². The number of hydrogen-bond acceptors (Lipinski definition) is 1. The molecule has 0 spiro atoms. The topological polar surface area (TPSA) is 37.3 Å². The maximum Gasteiger partial charge on any atom is 0.306 e. The van der Waals surface area contributed by atoms with Crippen LogP contribution in [0.15, 0.2) is 18.2 Å². The van der Waals surface area contributed by atoms with Gasteiger partial charge in [0.15, 0.2) is 0 Å². The highest BCUT2D eigenvalue weighted by molar-refractivity contribution is 5.70. The smallest absolute Gasteiger partial charge is 0.306 e. The van der Waals surface area contributed by atoms with E-state index in [1.807, 2.05) is 0 Å². The zero-order valence-electron chi connectivity index (χ0n) is 10.6. The maximum atomic E-state index is 10.9. The number of benzene rings is 1. The summed E-state index contributed by atoms with van der Waals surface area (Å²) >= 11 is 0. The molecule has 0 amide bonds. The molecule has 1 fully saturated rings. The number of carboxylic acid groups (broad SMARTS) is 1. The first-order valence-electron chi connectivity index (χ1n) is 6.38. The lowest BCUT2D eigenvalue weighted by atomic mass is 9.78. The zero-order valence-corrected chi connectivity index (χ0v) is 10.6. The Bertz CT molecular complexity index is 415. The average molecular weight is 232 g/mol. The second-order valence-electron chi connectivity index (χ2n) is 5.23. The lowest BCUT2D eigenvalue weighted by Crippen LogP contribution is -2.20. The summed E-state index contributed by atoms with van der Waals surface area (Å²) in [5, 5.41) is 8.98. The highest BCUT2D eigenvalue weighted by Gasteiger charge is 2.26. The van der Waals surface area contributed by atoms with E-state index in [1.54, 1.807) is 0 Å². The summed E-state index contributed by atoms with van der Waals surface area (Å²) in [4.78, 5) is 10.9. The van der Waals surface area contributed by atoms with E-state index in [2.05, 4.69) is 32.0 Å². The van der Waals surface area contributed by atoms with Crippen LogP contribution in [-0.4, -0.2) is 11.1 Å². The summed E-state index contributed by atoms with van der Waals surface area (Å²) in [6.07, 6.45) is 3.68. The quantitative estimate of drug-likeness (QED) is 0.844. The Morgan fingerprint density at radius 1 is 1.12 bits per heavy atom. The monoisotopic (exact) mass is 232 g/mol. The molecule has 0 saturated heterocycles. The number of carbonyl (C=O) groups is 1. The first kappa shape index (κ1) is 12.2. The summed E-state index contributed by atoms with van der Waals surface area (Å²) in [5.41, 5.74) is 4.05. The standard InChI is InChI=1S/C15H20O2/c1-10-3-4-14(9-11(10)2)12-5-7-13(8-6-12)15(16)17/h3-4,9,12-13H,5-8H2,1-2H3,(H,16,17). The van der Waals surface area contributed by atoms with Gasteiger partial charge in [-0.1, -0.05) is 18.2 Å². The molecule has 1 aromatic rings. The third-order valence-corrected chi connectivity index (χ3v) is 4.08. The SMILES string of the molecule is Cc1ccc(C2CCC(C(=O)O)CC2)cc1C. The third-order valence-electron chi connectivity index (χ3n) is 4.08. The van der Waals surface area contributed by atoms with Gasteiger partial charge in [-0.25, -0.2) is 0 Å². The Kier molecular flexibility index (Phi) is 3.51. The van der Waals surface area contributed by atoms with Crippen molar-refractivity contribution in [3.05, 3.63) is 34.9 Å². The Balaban J connectivity index is 2.05. The molecule has 1 saturated carbocycles. The minimum atomic E-state index is -0.622. The number of carboxylic acids is 1. The largest absolute Gasteiger partial charge is 0.481 e. The number of aliphatic carboxylic acids is 1. The van der Waals surface area contributed by atoms with Crippen LogP contribution in [0.25, 0.3) is 0 Å². The highest BCUT2D eigenvalue weighted by Crippen LogP contribution is 2.36. The molecule has 0 bridgehead atoms. The van der Waals surface area contributed by atoms with Crippen molar-refractivity contribution in [1.82, 2.24) is 0 Å². The Morgan fingerprint density at radius 3 is 2.29 bits per heavy atom. The van der Waals surface area contributed by atoms with Crippen LogP contribution in [0.5, 0.6) is 0 Å². The Hall–Kier alpha value is -1.31. The van der Waals surface area contributed by atoms with Crippen LogP contribution in [0.2, 0.25) is 0 Å². The second kappa shape index (κ2) is 4.91. The summed E-state index contributed by atoms with van der Waals surface area (Å²) in [6.45, 7) is 4.27. The van der Waals surface area contributed by atoms with Crippen molar-refractivity contribution < 1.29 is 9.90 Å². The molecule has 92 valence electrons. The van der Waals surface area contributed by atoms with Gasteiger partial charge in [-0.05, 0) is 62.1 Å². The van der Waals surface area contributed by atoms with Crippen molar-refractivity contribution >= 4 is 5.97 Å². The van der Waals surface area contributed by atoms with Gasteiger partial charge < -0.3 is 5.11 Å². The van der Waals surface area contributed by atoms with Crippen LogP contribution < -0.4 is 0 Å². The van der Waals surface area contributed by atoms with E-state index in [0.29, 0.717) is 5.92 Å². The minimum absolute atomic E-state index is 0.113. The molecule has 1 aliphatic rings. The first-order valence-corrected chi connectivity index (χ1v) is 6.38. The van der Waals surface area contributed by atoms with Crippen LogP contribution in [0.4, 0.5) is 0 Å². The van der Waals surface area contributed by atoms with Gasteiger partial charge in [-0.15, -0.1) is 0 Å². The fourth-order valence-electron chi connectivity index (χ4n) is 2.69. The van der Waals surface area contributed by atoms with Crippen molar-refractivity contribution in [2.24, 2.45) is 5.92 Å². The van der Waals surface area contributed by atoms with E-state index in [-0.39, 0.29) is 5.92 Å². The third kappa shape index (κ3) is 2.68. The van der Waals surface area contributed by atoms with E-state index in [0.717, 1.165) is 25.7 Å². The lowest BCUT2D eigenvalue weighted by molar-refractivity contribution is -0.142. The Morgan fingerprint density at radius 2 is 1.76 bits per heavy atom. The Labute approximate surface area is 103 Å². The van der Waals surface area contributed by atoms with Crippen molar-refractivity contribution in [3.63, 3.8) is 0 Å². The molecule has 2 nitrogen and oxygen atoms in total. The highest BCUT2D eigenvalue weighted by atomic mass is 16.4. The minimum Gasteiger partial charge on any atom is -0.481 e. The molecule has 1 aliphatic carbocycles. The fraction of sp³-hybridized carbons (Fsp3) is 0.533. The number of aryl methyl sites for hydroxylation is 2. The average Bonchev–Trinajstić information content (AvgIpc) is 2.33. The molecule has 0 aliphatic heterocycles. The predicted octanol–water partition coefficient (Wildman–Crippen LogP) is 3.66. The van der Waals surface area contributed by atoms with Crippen LogP contribution in [0.1, 0.15) is 48.3 Å². The van der Waals surface area contributed by atoms with Gasteiger partial charge in [-0.3, -0.25) is 4.79 Å². The molecule has 1 aromatic carbocycles. The van der Waals surface area contributed by atoms with E-state index < -0.39 is 5.97 Å². The molecule has 2 heteroatoms. The van der Waals surface area contributed by atoms with Gasteiger partial charge >= 0.3 is 5.97 Å². The van der Waals surface area contributed by atoms with E-state index in [4.69, 9.17) is 5.11 Å². The van der Waals surface area contributed by atoms with E-state index in [1.165, 1.54) is 16.7 Å².